The topological polar surface area (TPSA) is 111 Å². The number of Topliss-reactive ketones (excluding diaryl/α,β-unsaturated/α-hetero) is 1. The summed E-state index contributed by atoms with van der Waals surface area (Å²) in [5, 5.41) is 10.6. The molecule has 0 amide bonds. The molecule has 0 spiro atoms. The molecule has 1 atom stereocenters. The zero-order valence-electron chi connectivity index (χ0n) is 19.2. The van der Waals surface area contributed by atoms with Crippen LogP contribution in [0.2, 0.25) is 0 Å². The number of carbonyl (C=O) groups excluding carboxylic acids is 1. The standard InChI is InChI=1S/C23H29N3O6S/c1-5-22(28)16-7-9-18(10-8-16)32-15-17(27)14-26-21-13-19(33(30,31)24(3)4)11-12-20(21)25(6-2)23(26)29/h7-13,17,27H,5-6,14-15H2,1-4H3. The maximum absolute atomic E-state index is 12.9. The minimum absolute atomic E-state index is 0.0314. The van der Waals surface area contributed by atoms with E-state index < -0.39 is 16.1 Å². The molecule has 3 aromatic rings. The van der Waals surface area contributed by atoms with Gasteiger partial charge >= 0.3 is 5.69 Å². The molecule has 0 saturated carbocycles. The molecule has 0 aliphatic heterocycles. The minimum atomic E-state index is -3.68. The van der Waals surface area contributed by atoms with E-state index >= 15 is 0 Å². The number of aryl methyl sites for hydroxylation is 1. The molecule has 33 heavy (non-hydrogen) atoms. The summed E-state index contributed by atoms with van der Waals surface area (Å²) in [7, 11) is -0.804. The molecular weight excluding hydrogens is 446 g/mol. The molecule has 0 saturated heterocycles. The van der Waals surface area contributed by atoms with Crippen molar-refractivity contribution < 1.29 is 23.1 Å². The monoisotopic (exact) mass is 475 g/mol. The fourth-order valence-electron chi connectivity index (χ4n) is 3.55. The molecule has 0 bridgehead atoms. The number of benzene rings is 2. The van der Waals surface area contributed by atoms with E-state index in [1.54, 1.807) is 37.3 Å². The number of ketones is 1. The molecule has 2 aromatic carbocycles. The highest BCUT2D eigenvalue weighted by Gasteiger charge is 2.21. The number of nitrogens with zero attached hydrogens (tertiary/aromatic N) is 3. The summed E-state index contributed by atoms with van der Waals surface area (Å²) in [5.74, 6) is 0.522. The van der Waals surface area contributed by atoms with Crippen molar-refractivity contribution in [2.75, 3.05) is 20.7 Å². The number of fused-ring (bicyclic) bond motifs is 1. The highest BCUT2D eigenvalue weighted by atomic mass is 32.2. The molecule has 1 heterocycles. The Morgan fingerprint density at radius 2 is 1.73 bits per heavy atom. The van der Waals surface area contributed by atoms with Crippen molar-refractivity contribution in [3.63, 3.8) is 0 Å². The summed E-state index contributed by atoms with van der Waals surface area (Å²) in [4.78, 5) is 24.7. The quantitative estimate of drug-likeness (QED) is 0.450. The first-order valence-electron chi connectivity index (χ1n) is 10.7. The van der Waals surface area contributed by atoms with E-state index in [1.807, 2.05) is 6.92 Å². The van der Waals surface area contributed by atoms with Gasteiger partial charge in [0.05, 0.1) is 22.5 Å². The van der Waals surface area contributed by atoms with E-state index in [-0.39, 0.29) is 29.5 Å². The van der Waals surface area contributed by atoms with Crippen molar-refractivity contribution >= 4 is 26.8 Å². The van der Waals surface area contributed by atoms with Crippen LogP contribution in [0.15, 0.2) is 52.2 Å². The van der Waals surface area contributed by atoms with E-state index in [0.717, 1.165) is 4.31 Å². The van der Waals surface area contributed by atoms with Crippen molar-refractivity contribution in [3.8, 4) is 5.75 Å². The summed E-state index contributed by atoms with van der Waals surface area (Å²) in [6, 6.07) is 11.2. The number of hydrogen-bond acceptors (Lipinski definition) is 6. The van der Waals surface area contributed by atoms with Gasteiger partial charge < -0.3 is 9.84 Å². The third-order valence-electron chi connectivity index (χ3n) is 5.42. The first-order chi connectivity index (χ1) is 15.6. The Labute approximate surface area is 192 Å². The van der Waals surface area contributed by atoms with Crippen LogP contribution in [-0.4, -0.2) is 59.6 Å². The average Bonchev–Trinajstić information content (AvgIpc) is 3.07. The van der Waals surface area contributed by atoms with Gasteiger partial charge in [-0.2, -0.15) is 0 Å². The highest BCUT2D eigenvalue weighted by Crippen LogP contribution is 2.21. The Hall–Kier alpha value is -2.95. The van der Waals surface area contributed by atoms with E-state index in [1.165, 1.54) is 35.4 Å². The molecule has 9 nitrogen and oxygen atoms in total. The van der Waals surface area contributed by atoms with Gasteiger partial charge in [0.2, 0.25) is 10.0 Å². The normalized spacial score (nSPS) is 12.9. The van der Waals surface area contributed by atoms with Crippen LogP contribution in [0.1, 0.15) is 30.6 Å². The van der Waals surface area contributed by atoms with Crippen LogP contribution in [0, 0.1) is 0 Å². The van der Waals surface area contributed by atoms with E-state index in [2.05, 4.69) is 0 Å². The first kappa shape index (κ1) is 24.7. The number of rotatable bonds is 10. The number of aliphatic hydroxyl groups excluding tert-OH is 1. The molecule has 0 fully saturated rings. The zero-order valence-corrected chi connectivity index (χ0v) is 20.0. The van der Waals surface area contributed by atoms with Crippen LogP contribution >= 0.6 is 0 Å². The smallest absolute Gasteiger partial charge is 0.329 e. The number of ether oxygens (including phenoxy) is 1. The van der Waals surface area contributed by atoms with Gasteiger partial charge in [0, 0.05) is 32.6 Å². The lowest BCUT2D eigenvalue weighted by Gasteiger charge is -2.14. The predicted molar refractivity (Wildman–Crippen MR) is 125 cm³/mol. The fraction of sp³-hybridized carbons (Fsp3) is 0.391. The fourth-order valence-corrected chi connectivity index (χ4v) is 4.47. The van der Waals surface area contributed by atoms with E-state index in [9.17, 15) is 23.1 Å². The number of aromatic nitrogens is 2. The van der Waals surface area contributed by atoms with Crippen molar-refractivity contribution in [3.05, 3.63) is 58.5 Å². The Kier molecular flexibility index (Phi) is 7.41. The summed E-state index contributed by atoms with van der Waals surface area (Å²) >= 11 is 0. The number of carbonyl (C=O) groups is 1. The van der Waals surface area contributed by atoms with Crippen molar-refractivity contribution in [1.29, 1.82) is 0 Å². The van der Waals surface area contributed by atoms with Crippen molar-refractivity contribution in [1.82, 2.24) is 13.4 Å². The highest BCUT2D eigenvalue weighted by molar-refractivity contribution is 7.89. The molecule has 3 rings (SSSR count). The van der Waals surface area contributed by atoms with Crippen LogP contribution in [-0.2, 0) is 23.1 Å². The van der Waals surface area contributed by atoms with Gasteiger partial charge in [0.25, 0.3) is 0 Å². The molecule has 0 aliphatic rings. The SMILES string of the molecule is CCC(=O)c1ccc(OCC(O)Cn2c(=O)n(CC)c3ccc(S(=O)(=O)N(C)C)cc32)cc1. The largest absolute Gasteiger partial charge is 0.491 e. The second kappa shape index (κ2) is 9.90. The van der Waals surface area contributed by atoms with Gasteiger partial charge in [-0.25, -0.2) is 17.5 Å². The molecule has 10 heteroatoms. The first-order valence-corrected chi connectivity index (χ1v) is 12.1. The summed E-state index contributed by atoms with van der Waals surface area (Å²) in [6.07, 6.45) is -0.610. The molecular formula is C23H29N3O6S. The van der Waals surface area contributed by atoms with Gasteiger partial charge in [-0.15, -0.1) is 0 Å². The molecule has 1 aromatic heterocycles. The Morgan fingerprint density at radius 3 is 2.30 bits per heavy atom. The summed E-state index contributed by atoms with van der Waals surface area (Å²) < 4.78 is 34.7. The molecule has 0 aliphatic carbocycles. The van der Waals surface area contributed by atoms with Crippen molar-refractivity contribution in [2.24, 2.45) is 0 Å². The summed E-state index contributed by atoms with van der Waals surface area (Å²) in [6.45, 7) is 3.86. The summed E-state index contributed by atoms with van der Waals surface area (Å²) in [5.41, 5.74) is 1.26. The Morgan fingerprint density at radius 1 is 1.06 bits per heavy atom. The van der Waals surface area contributed by atoms with Gasteiger partial charge in [0.15, 0.2) is 5.78 Å². The molecule has 178 valence electrons. The predicted octanol–water partition coefficient (Wildman–Crippen LogP) is 2.11. The number of imidazole rings is 1. The second-order valence-electron chi connectivity index (χ2n) is 7.84. The molecule has 1 unspecified atom stereocenters. The van der Waals surface area contributed by atoms with Crippen LogP contribution in [0.4, 0.5) is 0 Å². The molecule has 0 radical (unpaired) electrons. The second-order valence-corrected chi connectivity index (χ2v) is 9.99. The maximum atomic E-state index is 12.9. The maximum Gasteiger partial charge on any atom is 0.329 e. The van der Waals surface area contributed by atoms with Crippen molar-refractivity contribution in [2.45, 2.75) is 44.4 Å². The average molecular weight is 476 g/mol. The Balaban J connectivity index is 1.84. The van der Waals surface area contributed by atoms with Crippen LogP contribution < -0.4 is 10.4 Å². The van der Waals surface area contributed by atoms with Gasteiger partial charge in [-0.1, -0.05) is 6.92 Å². The number of aliphatic hydroxyl groups is 1. The van der Waals surface area contributed by atoms with Gasteiger partial charge in [-0.3, -0.25) is 13.9 Å². The van der Waals surface area contributed by atoms with E-state index in [4.69, 9.17) is 4.74 Å². The lowest BCUT2D eigenvalue weighted by atomic mass is 10.1. The lowest BCUT2D eigenvalue weighted by molar-refractivity contribution is 0.0923. The van der Waals surface area contributed by atoms with Gasteiger partial charge in [0.1, 0.15) is 18.5 Å². The Bertz CT molecular complexity index is 1310. The number of hydrogen-bond donors (Lipinski definition) is 1. The van der Waals surface area contributed by atoms with Crippen LogP contribution in [0.5, 0.6) is 5.75 Å². The molecule has 1 N–H and O–H groups in total. The van der Waals surface area contributed by atoms with Crippen LogP contribution in [0.25, 0.3) is 11.0 Å². The van der Waals surface area contributed by atoms with E-state index in [0.29, 0.717) is 35.3 Å². The van der Waals surface area contributed by atoms with Crippen LogP contribution in [0.3, 0.4) is 0 Å². The third-order valence-corrected chi connectivity index (χ3v) is 7.23. The van der Waals surface area contributed by atoms with Gasteiger partial charge in [-0.05, 0) is 49.4 Å². The lowest BCUT2D eigenvalue weighted by Crippen LogP contribution is -2.31. The third kappa shape index (κ3) is 5.02. The minimum Gasteiger partial charge on any atom is -0.491 e. The zero-order chi connectivity index (χ0) is 24.3. The number of sulfonamides is 1.